The van der Waals surface area contributed by atoms with Gasteiger partial charge in [-0.3, -0.25) is 0 Å². The van der Waals surface area contributed by atoms with Crippen molar-refractivity contribution in [2.75, 3.05) is 26.2 Å². The zero-order valence-electron chi connectivity index (χ0n) is 14.7. The molecule has 1 aliphatic heterocycles. The quantitative estimate of drug-likeness (QED) is 0.753. The zero-order chi connectivity index (χ0) is 15.1. The normalized spacial score (nSPS) is 24.6. The minimum atomic E-state index is 0.751. The maximum Gasteiger partial charge on any atom is 0.0223 e. The summed E-state index contributed by atoms with van der Waals surface area (Å²) in [5.74, 6) is 2.78. The highest BCUT2D eigenvalue weighted by molar-refractivity contribution is 4.84. The summed E-state index contributed by atoms with van der Waals surface area (Å²) in [5.41, 5.74) is 0. The number of nitrogens with zero attached hydrogens (tertiary/aromatic N) is 1. The van der Waals surface area contributed by atoms with Crippen LogP contribution in [0.4, 0.5) is 0 Å². The van der Waals surface area contributed by atoms with Crippen molar-refractivity contribution >= 4 is 0 Å². The molecule has 1 unspecified atom stereocenters. The van der Waals surface area contributed by atoms with Crippen LogP contribution in [-0.2, 0) is 0 Å². The molecule has 0 radical (unpaired) electrons. The zero-order valence-corrected chi connectivity index (χ0v) is 14.7. The third kappa shape index (κ3) is 5.56. The average molecular weight is 295 g/mol. The smallest absolute Gasteiger partial charge is 0.0223 e. The topological polar surface area (TPSA) is 15.3 Å². The molecule has 2 rings (SSSR count). The van der Waals surface area contributed by atoms with Gasteiger partial charge in [-0.2, -0.15) is 0 Å². The molecule has 1 aliphatic carbocycles. The second-order valence-corrected chi connectivity index (χ2v) is 7.84. The summed E-state index contributed by atoms with van der Waals surface area (Å²) in [5, 5.41) is 3.88. The third-order valence-corrected chi connectivity index (χ3v) is 5.91. The van der Waals surface area contributed by atoms with Crippen molar-refractivity contribution in [3.05, 3.63) is 0 Å². The second kappa shape index (κ2) is 9.15. The first kappa shape index (κ1) is 17.3. The Labute approximate surface area is 133 Å². The molecule has 2 aliphatic rings. The summed E-state index contributed by atoms with van der Waals surface area (Å²) >= 11 is 0. The van der Waals surface area contributed by atoms with E-state index in [1.54, 1.807) is 0 Å². The molecule has 0 aromatic heterocycles. The SMILES string of the molecule is CCCNC(CN1CCC(C(C)C)CC1)C1CCCCC1. The molecule has 1 atom stereocenters. The number of nitrogens with one attached hydrogen (secondary N) is 1. The summed E-state index contributed by atoms with van der Waals surface area (Å²) in [6.07, 6.45) is 11.4. The standard InChI is InChI=1S/C19H38N2/c1-4-12-20-19(18-8-6-5-7-9-18)15-21-13-10-17(11-14-21)16(2)3/h16-20H,4-15H2,1-3H3. The first-order valence-electron chi connectivity index (χ1n) is 9.66. The van der Waals surface area contributed by atoms with Crippen LogP contribution < -0.4 is 5.32 Å². The van der Waals surface area contributed by atoms with Gasteiger partial charge in [0.15, 0.2) is 0 Å². The highest BCUT2D eigenvalue weighted by Gasteiger charge is 2.27. The summed E-state index contributed by atoms with van der Waals surface area (Å²) in [6, 6.07) is 0.751. The molecule has 124 valence electrons. The number of piperidine rings is 1. The predicted octanol–water partition coefficient (Wildman–Crippen LogP) is 4.30. The van der Waals surface area contributed by atoms with Crippen LogP contribution in [0.25, 0.3) is 0 Å². The molecule has 2 nitrogen and oxygen atoms in total. The summed E-state index contributed by atoms with van der Waals surface area (Å²) in [7, 11) is 0. The highest BCUT2D eigenvalue weighted by atomic mass is 15.2. The van der Waals surface area contributed by atoms with E-state index in [0.717, 1.165) is 23.8 Å². The Morgan fingerprint density at radius 3 is 2.19 bits per heavy atom. The molecule has 1 N–H and O–H groups in total. The molecule has 0 aromatic carbocycles. The van der Waals surface area contributed by atoms with Crippen LogP contribution >= 0.6 is 0 Å². The fourth-order valence-corrected chi connectivity index (χ4v) is 4.33. The summed E-state index contributed by atoms with van der Waals surface area (Å²) in [4.78, 5) is 2.75. The van der Waals surface area contributed by atoms with Crippen molar-refractivity contribution in [1.82, 2.24) is 10.2 Å². The molecular formula is C19H38N2. The Bertz CT molecular complexity index is 263. The fourth-order valence-electron chi connectivity index (χ4n) is 4.33. The van der Waals surface area contributed by atoms with Crippen molar-refractivity contribution in [1.29, 1.82) is 0 Å². The van der Waals surface area contributed by atoms with E-state index in [9.17, 15) is 0 Å². The lowest BCUT2D eigenvalue weighted by molar-refractivity contribution is 0.125. The van der Waals surface area contributed by atoms with E-state index in [2.05, 4.69) is 31.0 Å². The number of likely N-dealkylation sites (tertiary alicyclic amines) is 1. The van der Waals surface area contributed by atoms with Crippen molar-refractivity contribution in [2.45, 2.75) is 78.2 Å². The van der Waals surface area contributed by atoms with Gasteiger partial charge >= 0.3 is 0 Å². The van der Waals surface area contributed by atoms with E-state index in [1.165, 1.54) is 77.5 Å². The maximum absolute atomic E-state index is 3.88. The number of hydrogen-bond donors (Lipinski definition) is 1. The van der Waals surface area contributed by atoms with Crippen molar-refractivity contribution in [2.24, 2.45) is 17.8 Å². The van der Waals surface area contributed by atoms with Gasteiger partial charge in [0, 0.05) is 12.6 Å². The second-order valence-electron chi connectivity index (χ2n) is 7.84. The predicted molar refractivity (Wildman–Crippen MR) is 92.7 cm³/mol. The summed E-state index contributed by atoms with van der Waals surface area (Å²) < 4.78 is 0. The molecular weight excluding hydrogens is 256 g/mol. The first-order valence-corrected chi connectivity index (χ1v) is 9.66. The molecule has 0 spiro atoms. The molecule has 21 heavy (non-hydrogen) atoms. The van der Waals surface area contributed by atoms with Gasteiger partial charge in [0.05, 0.1) is 0 Å². The van der Waals surface area contributed by atoms with Crippen LogP contribution in [0.5, 0.6) is 0 Å². The van der Waals surface area contributed by atoms with E-state index in [4.69, 9.17) is 0 Å². The van der Waals surface area contributed by atoms with Crippen LogP contribution in [0.1, 0.15) is 72.1 Å². The van der Waals surface area contributed by atoms with Gasteiger partial charge < -0.3 is 10.2 Å². The molecule has 0 aromatic rings. The molecule has 1 saturated carbocycles. The molecule has 0 amide bonds. The van der Waals surface area contributed by atoms with Gasteiger partial charge in [0.2, 0.25) is 0 Å². The minimum Gasteiger partial charge on any atom is -0.312 e. The van der Waals surface area contributed by atoms with Crippen molar-refractivity contribution < 1.29 is 0 Å². The van der Waals surface area contributed by atoms with Crippen LogP contribution in [0.3, 0.4) is 0 Å². The van der Waals surface area contributed by atoms with Crippen molar-refractivity contribution in [3.8, 4) is 0 Å². The molecule has 2 fully saturated rings. The Hall–Kier alpha value is -0.0800. The van der Waals surface area contributed by atoms with E-state index < -0.39 is 0 Å². The van der Waals surface area contributed by atoms with Crippen molar-refractivity contribution in [3.63, 3.8) is 0 Å². The first-order chi connectivity index (χ1) is 10.2. The van der Waals surface area contributed by atoms with Crippen LogP contribution in [0.15, 0.2) is 0 Å². The lowest BCUT2D eigenvalue weighted by atomic mass is 9.82. The monoisotopic (exact) mass is 294 g/mol. The van der Waals surface area contributed by atoms with Crippen LogP contribution in [-0.4, -0.2) is 37.1 Å². The van der Waals surface area contributed by atoms with E-state index >= 15 is 0 Å². The summed E-state index contributed by atoms with van der Waals surface area (Å²) in [6.45, 7) is 12.2. The molecule has 2 heteroatoms. The van der Waals surface area contributed by atoms with E-state index in [-0.39, 0.29) is 0 Å². The minimum absolute atomic E-state index is 0.751. The Balaban J connectivity index is 1.80. The van der Waals surface area contributed by atoms with E-state index in [1.807, 2.05) is 0 Å². The lowest BCUT2D eigenvalue weighted by Gasteiger charge is -2.39. The van der Waals surface area contributed by atoms with Gasteiger partial charge in [0.1, 0.15) is 0 Å². The Kier molecular flexibility index (Phi) is 7.53. The molecule has 1 saturated heterocycles. The van der Waals surface area contributed by atoms with Crippen LogP contribution in [0, 0.1) is 17.8 Å². The third-order valence-electron chi connectivity index (χ3n) is 5.91. The number of rotatable bonds is 7. The fraction of sp³-hybridized carbons (Fsp3) is 1.00. The lowest BCUT2D eigenvalue weighted by Crippen LogP contribution is -2.48. The Morgan fingerprint density at radius 2 is 1.62 bits per heavy atom. The van der Waals surface area contributed by atoms with Crippen LogP contribution in [0.2, 0.25) is 0 Å². The number of hydrogen-bond acceptors (Lipinski definition) is 2. The van der Waals surface area contributed by atoms with E-state index in [0.29, 0.717) is 0 Å². The van der Waals surface area contributed by atoms with Gasteiger partial charge in [-0.15, -0.1) is 0 Å². The Morgan fingerprint density at radius 1 is 0.952 bits per heavy atom. The van der Waals surface area contributed by atoms with Gasteiger partial charge in [-0.1, -0.05) is 40.0 Å². The van der Waals surface area contributed by atoms with Gasteiger partial charge in [-0.25, -0.2) is 0 Å². The largest absolute Gasteiger partial charge is 0.312 e. The van der Waals surface area contributed by atoms with Gasteiger partial charge in [0.25, 0.3) is 0 Å². The molecule has 0 bridgehead atoms. The van der Waals surface area contributed by atoms with Gasteiger partial charge in [-0.05, 0) is 69.5 Å². The maximum atomic E-state index is 3.88. The average Bonchev–Trinajstić information content (AvgIpc) is 2.52. The molecule has 1 heterocycles. The highest BCUT2D eigenvalue weighted by Crippen LogP contribution is 2.29.